The van der Waals surface area contributed by atoms with E-state index in [0.717, 1.165) is 5.52 Å². The molecule has 0 spiro atoms. The first-order valence-corrected chi connectivity index (χ1v) is 8.11. The molecule has 1 aliphatic rings. The minimum absolute atomic E-state index is 1.10. The Hall–Kier alpha value is -1.06. The van der Waals surface area contributed by atoms with E-state index in [-0.39, 0.29) is 0 Å². The van der Waals surface area contributed by atoms with E-state index in [4.69, 9.17) is 0 Å². The number of hydrogen-bond donors (Lipinski definition) is 0. The van der Waals surface area contributed by atoms with Gasteiger partial charge in [0.15, 0.2) is 0 Å². The van der Waals surface area contributed by atoms with E-state index in [0.29, 0.717) is 0 Å². The number of para-hydroxylation sites is 1. The topological polar surface area (TPSA) is 16.1 Å². The van der Waals surface area contributed by atoms with Crippen LogP contribution in [0.5, 0.6) is 0 Å². The lowest BCUT2D eigenvalue weighted by molar-refractivity contribution is 0.242. The van der Waals surface area contributed by atoms with Crippen molar-refractivity contribution >= 4 is 22.7 Å². The Morgan fingerprint density at radius 2 is 1.89 bits per heavy atom. The average molecular weight is 272 g/mol. The molecule has 19 heavy (non-hydrogen) atoms. The molecule has 0 N–H and O–H groups in total. The molecule has 1 saturated heterocycles. The Labute approximate surface area is 119 Å². The van der Waals surface area contributed by atoms with E-state index in [1.807, 2.05) is 18.0 Å². The molecule has 1 fully saturated rings. The zero-order chi connectivity index (χ0) is 12.9. The van der Waals surface area contributed by atoms with Gasteiger partial charge in [-0.1, -0.05) is 24.6 Å². The second-order valence-corrected chi connectivity index (χ2v) is 6.21. The summed E-state index contributed by atoms with van der Waals surface area (Å²) in [4.78, 5) is 8.38. The predicted molar refractivity (Wildman–Crippen MR) is 82.8 cm³/mol. The van der Waals surface area contributed by atoms with Gasteiger partial charge >= 0.3 is 0 Å². The third-order valence-corrected chi connectivity index (χ3v) is 4.78. The van der Waals surface area contributed by atoms with Crippen molar-refractivity contribution in [2.45, 2.75) is 24.2 Å². The lowest BCUT2D eigenvalue weighted by Crippen LogP contribution is -2.31. The molecular weight excluding hydrogens is 252 g/mol. The molecule has 0 saturated carbocycles. The van der Waals surface area contributed by atoms with Crippen LogP contribution in [0.1, 0.15) is 19.3 Å². The summed E-state index contributed by atoms with van der Waals surface area (Å²) in [6, 6.07) is 10.6. The van der Waals surface area contributed by atoms with Crippen molar-refractivity contribution in [3.63, 3.8) is 0 Å². The van der Waals surface area contributed by atoms with Crippen molar-refractivity contribution in [1.29, 1.82) is 0 Å². The highest BCUT2D eigenvalue weighted by Crippen LogP contribution is 2.26. The summed E-state index contributed by atoms with van der Waals surface area (Å²) in [7, 11) is 0. The summed E-state index contributed by atoms with van der Waals surface area (Å²) >= 11 is 1.96. The summed E-state index contributed by atoms with van der Waals surface area (Å²) in [5, 5.41) is 1.29. The Bertz CT molecular complexity index is 530. The molecule has 1 aromatic carbocycles. The van der Waals surface area contributed by atoms with Gasteiger partial charge < -0.3 is 4.90 Å². The van der Waals surface area contributed by atoms with Crippen LogP contribution in [0.15, 0.2) is 41.4 Å². The zero-order valence-corrected chi connectivity index (χ0v) is 12.0. The van der Waals surface area contributed by atoms with Crippen LogP contribution in [0.4, 0.5) is 0 Å². The second kappa shape index (κ2) is 6.40. The monoisotopic (exact) mass is 272 g/mol. The number of rotatable bonds is 4. The van der Waals surface area contributed by atoms with Gasteiger partial charge in [-0.05, 0) is 38.1 Å². The molecule has 0 amide bonds. The van der Waals surface area contributed by atoms with Gasteiger partial charge in [0.1, 0.15) is 0 Å². The standard InChI is InChI=1S/C16H20N2S/c1-4-10-18(11-5-1)12-13-19-16-8-9-17-15-7-3-2-6-14(15)16/h2-3,6-9H,1,4-5,10-13H2. The Kier molecular flexibility index (Phi) is 4.36. The van der Waals surface area contributed by atoms with Crippen molar-refractivity contribution in [1.82, 2.24) is 9.88 Å². The van der Waals surface area contributed by atoms with E-state index >= 15 is 0 Å². The quantitative estimate of drug-likeness (QED) is 0.787. The Morgan fingerprint density at radius 3 is 2.79 bits per heavy atom. The first-order valence-electron chi connectivity index (χ1n) is 7.12. The van der Waals surface area contributed by atoms with Crippen molar-refractivity contribution in [3.05, 3.63) is 36.5 Å². The van der Waals surface area contributed by atoms with Crippen LogP contribution in [-0.4, -0.2) is 35.3 Å². The van der Waals surface area contributed by atoms with Crippen molar-refractivity contribution in [3.8, 4) is 0 Å². The van der Waals surface area contributed by atoms with Crippen LogP contribution >= 0.6 is 11.8 Å². The largest absolute Gasteiger partial charge is 0.303 e. The van der Waals surface area contributed by atoms with E-state index in [1.165, 1.54) is 54.9 Å². The van der Waals surface area contributed by atoms with Gasteiger partial charge in [-0.3, -0.25) is 4.98 Å². The van der Waals surface area contributed by atoms with Crippen LogP contribution in [-0.2, 0) is 0 Å². The molecule has 100 valence electrons. The molecule has 3 heteroatoms. The summed E-state index contributed by atoms with van der Waals surface area (Å²) < 4.78 is 0. The molecule has 0 bridgehead atoms. The Morgan fingerprint density at radius 1 is 1.05 bits per heavy atom. The zero-order valence-electron chi connectivity index (χ0n) is 11.2. The smallest absolute Gasteiger partial charge is 0.0713 e. The first-order chi connectivity index (χ1) is 9.43. The number of fused-ring (bicyclic) bond motifs is 1. The number of aromatic nitrogens is 1. The van der Waals surface area contributed by atoms with Crippen LogP contribution in [0.25, 0.3) is 10.9 Å². The van der Waals surface area contributed by atoms with Crippen LogP contribution < -0.4 is 0 Å². The third kappa shape index (κ3) is 3.28. The number of nitrogens with zero attached hydrogens (tertiary/aromatic N) is 2. The number of benzene rings is 1. The van der Waals surface area contributed by atoms with E-state index in [9.17, 15) is 0 Å². The lowest BCUT2D eigenvalue weighted by atomic mass is 10.1. The van der Waals surface area contributed by atoms with Crippen LogP contribution in [0.3, 0.4) is 0 Å². The molecule has 2 aromatic rings. The SMILES string of the molecule is c1ccc2c(SCCN3CCCCC3)ccnc2c1. The summed E-state index contributed by atoms with van der Waals surface area (Å²) in [6.45, 7) is 3.79. The number of thioether (sulfide) groups is 1. The highest BCUT2D eigenvalue weighted by molar-refractivity contribution is 7.99. The fourth-order valence-corrected chi connectivity index (χ4v) is 3.72. The van der Waals surface area contributed by atoms with Gasteiger partial charge in [-0.2, -0.15) is 0 Å². The minimum Gasteiger partial charge on any atom is -0.303 e. The number of pyridine rings is 1. The minimum atomic E-state index is 1.10. The fourth-order valence-electron chi connectivity index (χ4n) is 2.66. The summed E-state index contributed by atoms with van der Waals surface area (Å²) in [5.41, 5.74) is 1.10. The van der Waals surface area contributed by atoms with Crippen LogP contribution in [0, 0.1) is 0 Å². The highest BCUT2D eigenvalue weighted by Gasteiger charge is 2.09. The van der Waals surface area contributed by atoms with Crippen molar-refractivity contribution in [2.24, 2.45) is 0 Å². The maximum atomic E-state index is 4.42. The molecule has 0 radical (unpaired) electrons. The number of likely N-dealkylation sites (tertiary alicyclic amines) is 1. The predicted octanol–water partition coefficient (Wildman–Crippen LogP) is 3.81. The highest BCUT2D eigenvalue weighted by atomic mass is 32.2. The maximum absolute atomic E-state index is 4.42. The van der Waals surface area contributed by atoms with Gasteiger partial charge in [0, 0.05) is 28.8 Å². The van der Waals surface area contributed by atoms with Gasteiger partial charge in [-0.25, -0.2) is 0 Å². The van der Waals surface area contributed by atoms with Gasteiger partial charge in [-0.15, -0.1) is 11.8 Å². The van der Waals surface area contributed by atoms with Gasteiger partial charge in [0.2, 0.25) is 0 Å². The van der Waals surface area contributed by atoms with Crippen molar-refractivity contribution in [2.75, 3.05) is 25.4 Å². The number of piperidine rings is 1. The first kappa shape index (κ1) is 12.9. The lowest BCUT2D eigenvalue weighted by Gasteiger charge is -2.26. The van der Waals surface area contributed by atoms with E-state index in [1.54, 1.807) is 0 Å². The van der Waals surface area contributed by atoms with Crippen molar-refractivity contribution < 1.29 is 0 Å². The normalized spacial score (nSPS) is 16.8. The molecule has 0 unspecified atom stereocenters. The summed E-state index contributed by atoms with van der Waals surface area (Å²) in [6.07, 6.45) is 6.09. The molecule has 3 rings (SSSR count). The maximum Gasteiger partial charge on any atom is 0.0713 e. The van der Waals surface area contributed by atoms with Crippen LogP contribution in [0.2, 0.25) is 0 Å². The second-order valence-electron chi connectivity index (χ2n) is 5.08. The molecule has 0 aliphatic carbocycles. The molecule has 1 aromatic heterocycles. The van der Waals surface area contributed by atoms with Gasteiger partial charge in [0.05, 0.1) is 5.52 Å². The molecular formula is C16H20N2S. The number of hydrogen-bond acceptors (Lipinski definition) is 3. The molecule has 0 atom stereocenters. The Balaban J connectivity index is 1.62. The molecule has 2 heterocycles. The summed E-state index contributed by atoms with van der Waals surface area (Å²) in [5.74, 6) is 1.17. The fraction of sp³-hybridized carbons (Fsp3) is 0.438. The van der Waals surface area contributed by atoms with E-state index in [2.05, 4.69) is 40.2 Å². The van der Waals surface area contributed by atoms with E-state index < -0.39 is 0 Å². The van der Waals surface area contributed by atoms with Gasteiger partial charge in [0.25, 0.3) is 0 Å². The third-order valence-electron chi connectivity index (χ3n) is 3.72. The molecule has 1 aliphatic heterocycles. The average Bonchev–Trinajstić information content (AvgIpc) is 2.49. The molecule has 2 nitrogen and oxygen atoms in total.